The Balaban J connectivity index is 2.02. The van der Waals surface area contributed by atoms with Crippen LogP contribution in [0, 0.1) is 0 Å². The second kappa shape index (κ2) is 6.65. The van der Waals surface area contributed by atoms with Crippen molar-refractivity contribution in [3.63, 3.8) is 0 Å². The van der Waals surface area contributed by atoms with Crippen LogP contribution in [0.15, 0.2) is 12.4 Å². The molecule has 1 saturated heterocycles. The number of aromatic nitrogens is 2. The SMILES string of the molecule is CCCNc1cncc(C(=O)N2CCC(N(C)C)C2)n1. The molecule has 1 aromatic heterocycles. The number of likely N-dealkylation sites (N-methyl/N-ethyl adjacent to an activating group) is 1. The Morgan fingerprint density at radius 2 is 2.30 bits per heavy atom. The molecule has 110 valence electrons. The zero-order valence-corrected chi connectivity index (χ0v) is 12.5. The maximum Gasteiger partial charge on any atom is 0.274 e. The summed E-state index contributed by atoms with van der Waals surface area (Å²) in [5.74, 6) is 0.642. The second-order valence-corrected chi connectivity index (χ2v) is 5.37. The molecule has 0 radical (unpaired) electrons. The van der Waals surface area contributed by atoms with Crippen molar-refractivity contribution in [1.29, 1.82) is 0 Å². The van der Waals surface area contributed by atoms with Crippen molar-refractivity contribution in [2.45, 2.75) is 25.8 Å². The van der Waals surface area contributed by atoms with Crippen LogP contribution in [0.2, 0.25) is 0 Å². The maximum absolute atomic E-state index is 12.4. The standard InChI is InChI=1S/C14H23N5O/c1-4-6-16-13-9-15-8-12(17-13)14(20)19-7-5-11(10-19)18(2)3/h8-9,11H,4-7,10H2,1-3H3,(H,16,17). The number of likely N-dealkylation sites (tertiary alicyclic amines) is 1. The van der Waals surface area contributed by atoms with E-state index in [2.05, 4.69) is 27.1 Å². The Hall–Kier alpha value is -1.69. The number of hydrogen-bond acceptors (Lipinski definition) is 5. The molecule has 6 heteroatoms. The van der Waals surface area contributed by atoms with Crippen LogP contribution in [0.25, 0.3) is 0 Å². The lowest BCUT2D eigenvalue weighted by atomic mass is 10.2. The predicted octanol–water partition coefficient (Wildman–Crippen LogP) is 1.07. The molecule has 1 N–H and O–H groups in total. The molecule has 1 aliphatic heterocycles. The van der Waals surface area contributed by atoms with Crippen molar-refractivity contribution in [3.8, 4) is 0 Å². The van der Waals surface area contributed by atoms with Gasteiger partial charge in [0.2, 0.25) is 0 Å². The molecule has 0 spiro atoms. The van der Waals surface area contributed by atoms with Crippen LogP contribution in [-0.4, -0.2) is 65.4 Å². The summed E-state index contributed by atoms with van der Waals surface area (Å²) in [6.45, 7) is 4.47. The van der Waals surface area contributed by atoms with E-state index in [0.29, 0.717) is 17.6 Å². The molecule has 6 nitrogen and oxygen atoms in total. The molecular formula is C14H23N5O. The summed E-state index contributed by atoms with van der Waals surface area (Å²) < 4.78 is 0. The van der Waals surface area contributed by atoms with Gasteiger partial charge in [-0.3, -0.25) is 9.78 Å². The highest BCUT2D eigenvalue weighted by molar-refractivity contribution is 5.92. The van der Waals surface area contributed by atoms with Gasteiger partial charge in [-0.25, -0.2) is 4.98 Å². The number of nitrogens with zero attached hydrogens (tertiary/aromatic N) is 4. The van der Waals surface area contributed by atoms with E-state index in [4.69, 9.17) is 0 Å². The zero-order chi connectivity index (χ0) is 14.5. The van der Waals surface area contributed by atoms with Gasteiger partial charge < -0.3 is 15.1 Å². The van der Waals surface area contributed by atoms with E-state index >= 15 is 0 Å². The molecule has 0 aliphatic carbocycles. The highest BCUT2D eigenvalue weighted by Crippen LogP contribution is 2.16. The summed E-state index contributed by atoms with van der Waals surface area (Å²) in [7, 11) is 4.10. The first-order valence-electron chi connectivity index (χ1n) is 7.13. The molecule has 1 atom stereocenters. The van der Waals surface area contributed by atoms with Crippen molar-refractivity contribution in [2.24, 2.45) is 0 Å². The Kier molecular flexibility index (Phi) is 4.89. The van der Waals surface area contributed by atoms with Gasteiger partial charge in [0.1, 0.15) is 11.5 Å². The Morgan fingerprint density at radius 1 is 1.50 bits per heavy atom. The van der Waals surface area contributed by atoms with Gasteiger partial charge in [0.15, 0.2) is 0 Å². The highest BCUT2D eigenvalue weighted by atomic mass is 16.2. The topological polar surface area (TPSA) is 61.4 Å². The monoisotopic (exact) mass is 277 g/mol. The number of carbonyl (C=O) groups is 1. The summed E-state index contributed by atoms with van der Waals surface area (Å²) in [6.07, 6.45) is 5.22. The minimum absolute atomic E-state index is 0.0259. The molecule has 1 fully saturated rings. The van der Waals surface area contributed by atoms with Gasteiger partial charge in [0, 0.05) is 25.7 Å². The van der Waals surface area contributed by atoms with Crippen LogP contribution >= 0.6 is 0 Å². The molecule has 2 rings (SSSR count). The largest absolute Gasteiger partial charge is 0.369 e. The molecule has 1 aliphatic rings. The van der Waals surface area contributed by atoms with Crippen LogP contribution in [0.5, 0.6) is 0 Å². The van der Waals surface area contributed by atoms with Crippen LogP contribution in [-0.2, 0) is 0 Å². The van der Waals surface area contributed by atoms with Gasteiger partial charge in [-0.1, -0.05) is 6.92 Å². The molecule has 1 amide bonds. The Labute approximate surface area is 120 Å². The summed E-state index contributed by atoms with van der Waals surface area (Å²) >= 11 is 0. The minimum atomic E-state index is -0.0259. The van der Waals surface area contributed by atoms with Crippen molar-refractivity contribution >= 4 is 11.7 Å². The molecule has 0 bridgehead atoms. The lowest BCUT2D eigenvalue weighted by Gasteiger charge is -2.20. The summed E-state index contributed by atoms with van der Waals surface area (Å²) in [6, 6.07) is 0.438. The number of carbonyl (C=O) groups excluding carboxylic acids is 1. The van der Waals surface area contributed by atoms with Crippen LogP contribution < -0.4 is 5.32 Å². The molecule has 1 aromatic rings. The molecule has 1 unspecified atom stereocenters. The number of rotatable bonds is 5. The van der Waals surface area contributed by atoms with Gasteiger partial charge in [-0.2, -0.15) is 0 Å². The van der Waals surface area contributed by atoms with Crippen LogP contribution in [0.1, 0.15) is 30.3 Å². The fourth-order valence-electron chi connectivity index (χ4n) is 2.32. The lowest BCUT2D eigenvalue weighted by molar-refractivity contribution is 0.0777. The maximum atomic E-state index is 12.4. The third-order valence-corrected chi connectivity index (χ3v) is 3.59. The predicted molar refractivity (Wildman–Crippen MR) is 78.8 cm³/mol. The van der Waals surface area contributed by atoms with Gasteiger partial charge in [-0.05, 0) is 26.9 Å². The van der Waals surface area contributed by atoms with E-state index in [1.807, 2.05) is 19.0 Å². The van der Waals surface area contributed by atoms with Gasteiger partial charge in [-0.15, -0.1) is 0 Å². The smallest absolute Gasteiger partial charge is 0.274 e. The van der Waals surface area contributed by atoms with E-state index in [1.165, 1.54) is 0 Å². The van der Waals surface area contributed by atoms with E-state index in [-0.39, 0.29) is 5.91 Å². The fourth-order valence-corrected chi connectivity index (χ4v) is 2.32. The number of amides is 1. The van der Waals surface area contributed by atoms with Crippen molar-refractivity contribution in [2.75, 3.05) is 39.0 Å². The van der Waals surface area contributed by atoms with E-state index in [1.54, 1.807) is 12.4 Å². The third-order valence-electron chi connectivity index (χ3n) is 3.59. The fraction of sp³-hybridized carbons (Fsp3) is 0.643. The van der Waals surface area contributed by atoms with Crippen molar-refractivity contribution in [3.05, 3.63) is 18.1 Å². The molecule has 0 aromatic carbocycles. The Morgan fingerprint density at radius 3 is 2.95 bits per heavy atom. The average molecular weight is 277 g/mol. The van der Waals surface area contributed by atoms with Crippen molar-refractivity contribution < 1.29 is 4.79 Å². The molecule has 20 heavy (non-hydrogen) atoms. The Bertz CT molecular complexity index is 463. The summed E-state index contributed by atoms with van der Waals surface area (Å²) in [5.41, 5.74) is 0.422. The van der Waals surface area contributed by atoms with E-state index in [9.17, 15) is 4.79 Å². The van der Waals surface area contributed by atoms with E-state index < -0.39 is 0 Å². The summed E-state index contributed by atoms with van der Waals surface area (Å²) in [4.78, 5) is 24.9. The first kappa shape index (κ1) is 14.7. The van der Waals surface area contributed by atoms with Crippen LogP contribution in [0.3, 0.4) is 0 Å². The normalized spacial score (nSPS) is 18.6. The average Bonchev–Trinajstić information content (AvgIpc) is 2.94. The quantitative estimate of drug-likeness (QED) is 0.872. The molecule has 0 saturated carbocycles. The van der Waals surface area contributed by atoms with Gasteiger partial charge in [0.05, 0.1) is 12.4 Å². The third kappa shape index (κ3) is 3.45. The van der Waals surface area contributed by atoms with Crippen molar-refractivity contribution in [1.82, 2.24) is 19.8 Å². The van der Waals surface area contributed by atoms with Crippen LogP contribution in [0.4, 0.5) is 5.82 Å². The number of hydrogen-bond donors (Lipinski definition) is 1. The second-order valence-electron chi connectivity index (χ2n) is 5.37. The van der Waals surface area contributed by atoms with E-state index in [0.717, 1.165) is 32.5 Å². The first-order valence-corrected chi connectivity index (χ1v) is 7.13. The number of anilines is 1. The van der Waals surface area contributed by atoms with Gasteiger partial charge in [0.25, 0.3) is 5.91 Å². The molecule has 2 heterocycles. The zero-order valence-electron chi connectivity index (χ0n) is 12.5. The minimum Gasteiger partial charge on any atom is -0.369 e. The highest BCUT2D eigenvalue weighted by Gasteiger charge is 2.28. The summed E-state index contributed by atoms with van der Waals surface area (Å²) in [5, 5.41) is 3.15. The first-order chi connectivity index (χ1) is 9.61. The van der Waals surface area contributed by atoms with Gasteiger partial charge >= 0.3 is 0 Å². The number of nitrogens with one attached hydrogen (secondary N) is 1. The molecular weight excluding hydrogens is 254 g/mol. The lowest BCUT2D eigenvalue weighted by Crippen LogP contribution is -2.34.